The summed E-state index contributed by atoms with van der Waals surface area (Å²) in [6.07, 6.45) is 0. The van der Waals surface area contributed by atoms with Crippen molar-refractivity contribution in [2.45, 2.75) is 43.9 Å². The van der Waals surface area contributed by atoms with Gasteiger partial charge in [0.2, 0.25) is 0 Å². The van der Waals surface area contributed by atoms with Crippen molar-refractivity contribution >= 4 is 17.1 Å². The molecule has 0 aliphatic heterocycles. The van der Waals surface area contributed by atoms with Crippen LogP contribution in [0.15, 0.2) is 237 Å². The fourth-order valence-corrected chi connectivity index (χ4v) is 12.5. The molecule has 0 unspecified atom stereocenters. The van der Waals surface area contributed by atoms with Crippen molar-refractivity contribution < 1.29 is 0 Å². The summed E-state index contributed by atoms with van der Waals surface area (Å²) < 4.78 is 0. The zero-order valence-electron chi connectivity index (χ0n) is 39.0. The monoisotopic (exact) mass is 869 g/mol. The van der Waals surface area contributed by atoms with Gasteiger partial charge >= 0.3 is 0 Å². The lowest BCUT2D eigenvalue weighted by molar-refractivity contribution is 0.563. The minimum absolute atomic E-state index is 0.120. The molecule has 0 bridgehead atoms. The molecule has 3 aliphatic carbocycles. The zero-order chi connectivity index (χ0) is 45.8. The maximum atomic E-state index is 2.48. The highest BCUT2D eigenvalue weighted by atomic mass is 15.1. The molecule has 1 nitrogen and oxygen atoms in total. The Hall–Kier alpha value is -8.00. The van der Waals surface area contributed by atoms with E-state index in [4.69, 9.17) is 0 Å². The molecule has 0 saturated carbocycles. The van der Waals surface area contributed by atoms with Gasteiger partial charge in [0.25, 0.3) is 0 Å². The first kappa shape index (κ1) is 40.3. The Morgan fingerprint density at radius 3 is 1.35 bits per heavy atom. The van der Waals surface area contributed by atoms with Crippen molar-refractivity contribution in [3.05, 3.63) is 281 Å². The second kappa shape index (κ2) is 15.0. The third-order valence-corrected chi connectivity index (χ3v) is 15.8. The molecule has 0 N–H and O–H groups in total. The van der Waals surface area contributed by atoms with Crippen LogP contribution in [-0.4, -0.2) is 0 Å². The molecule has 10 aromatic rings. The lowest BCUT2D eigenvalue weighted by atomic mass is 9.55. The van der Waals surface area contributed by atoms with Crippen LogP contribution in [0, 0.1) is 0 Å². The lowest BCUT2D eigenvalue weighted by Gasteiger charge is -2.46. The van der Waals surface area contributed by atoms with Crippen LogP contribution in [0.3, 0.4) is 0 Å². The van der Waals surface area contributed by atoms with Gasteiger partial charge in [-0.25, -0.2) is 0 Å². The van der Waals surface area contributed by atoms with Gasteiger partial charge in [-0.1, -0.05) is 222 Å². The molecular weight excluding hydrogens is 819 g/mol. The topological polar surface area (TPSA) is 3.24 Å². The number of hydrogen-bond donors (Lipinski definition) is 0. The molecule has 68 heavy (non-hydrogen) atoms. The van der Waals surface area contributed by atoms with Gasteiger partial charge in [-0.05, 0) is 137 Å². The Labute approximate surface area is 400 Å². The summed E-state index contributed by atoms with van der Waals surface area (Å²) in [6.45, 7) is 9.60. The van der Waals surface area contributed by atoms with E-state index >= 15 is 0 Å². The Morgan fingerprint density at radius 1 is 0.250 bits per heavy atom. The summed E-state index contributed by atoms with van der Waals surface area (Å²) in [5.74, 6) is 0. The lowest BCUT2D eigenvalue weighted by Crippen LogP contribution is -2.40. The Balaban J connectivity index is 0.919. The third kappa shape index (κ3) is 5.75. The number of anilines is 3. The second-order valence-electron chi connectivity index (χ2n) is 20.0. The zero-order valence-corrected chi connectivity index (χ0v) is 39.0. The molecule has 0 heterocycles. The molecule has 0 saturated heterocycles. The van der Waals surface area contributed by atoms with E-state index in [1.165, 1.54) is 100 Å². The second-order valence-corrected chi connectivity index (χ2v) is 20.0. The van der Waals surface area contributed by atoms with Crippen LogP contribution < -0.4 is 4.90 Å². The number of rotatable bonds is 6. The summed E-state index contributed by atoms with van der Waals surface area (Å²) in [5, 5.41) is 0. The molecule has 10 aromatic carbocycles. The van der Waals surface area contributed by atoms with E-state index in [-0.39, 0.29) is 10.8 Å². The standard InChI is InChI=1S/C67H51N/c1-65(2)58-26-14-16-28-60(58)67(61-29-17-15-27-59(61)65)56-25-13-11-24-52(56)55-41-47(34-40-57(55)67)48-33-38-53-54-39-37-50(43-63(54)66(3,4)62(53)42-48)68(49-35-31-45(32-36-49)44-19-7-5-8-20-44)64-30-18-12-23-51(64)46-21-9-6-10-22-46/h5-43H,1-4H3. The van der Waals surface area contributed by atoms with Crippen molar-refractivity contribution in [2.24, 2.45) is 0 Å². The quantitative estimate of drug-likeness (QED) is 0.161. The predicted molar refractivity (Wildman–Crippen MR) is 284 cm³/mol. The van der Waals surface area contributed by atoms with Crippen molar-refractivity contribution in [3.8, 4) is 55.6 Å². The predicted octanol–water partition coefficient (Wildman–Crippen LogP) is 17.5. The van der Waals surface area contributed by atoms with Crippen LogP contribution in [0.5, 0.6) is 0 Å². The number of para-hydroxylation sites is 1. The molecule has 1 heteroatoms. The molecule has 13 rings (SSSR count). The maximum absolute atomic E-state index is 2.48. The summed E-state index contributed by atoms with van der Waals surface area (Å²) in [6, 6.07) is 88.5. The fraction of sp³-hybridized carbons (Fsp3) is 0.104. The minimum atomic E-state index is -0.397. The van der Waals surface area contributed by atoms with Crippen molar-refractivity contribution in [2.75, 3.05) is 4.90 Å². The minimum Gasteiger partial charge on any atom is -0.310 e. The van der Waals surface area contributed by atoms with Crippen molar-refractivity contribution in [1.82, 2.24) is 0 Å². The molecule has 0 amide bonds. The van der Waals surface area contributed by atoms with Crippen LogP contribution in [0.1, 0.15) is 72.2 Å². The van der Waals surface area contributed by atoms with Gasteiger partial charge in [0.15, 0.2) is 0 Å². The molecule has 1 spiro atoms. The van der Waals surface area contributed by atoms with E-state index in [1.807, 2.05) is 0 Å². The highest BCUT2D eigenvalue weighted by molar-refractivity contribution is 5.94. The van der Waals surface area contributed by atoms with Crippen LogP contribution >= 0.6 is 0 Å². The molecule has 3 aliphatic rings. The molecule has 324 valence electrons. The third-order valence-electron chi connectivity index (χ3n) is 15.8. The van der Waals surface area contributed by atoms with E-state index in [1.54, 1.807) is 0 Å². The highest BCUT2D eigenvalue weighted by Crippen LogP contribution is 2.62. The molecule has 0 aromatic heterocycles. The number of nitrogens with zero attached hydrogens (tertiary/aromatic N) is 1. The SMILES string of the molecule is CC1(C)c2cc(-c3ccc4c(c3)-c3ccccc3C43c4ccccc4C(C)(C)c4ccccc43)ccc2-c2ccc(N(c3ccc(-c4ccccc4)cc3)c3ccccc3-c3ccccc3)cc21. The van der Waals surface area contributed by atoms with E-state index in [0.717, 1.165) is 17.1 Å². The maximum Gasteiger partial charge on any atom is 0.0719 e. The Bertz CT molecular complexity index is 3560. The molecule has 0 radical (unpaired) electrons. The first-order valence-electron chi connectivity index (χ1n) is 24.1. The van der Waals surface area contributed by atoms with Crippen LogP contribution in [-0.2, 0) is 16.2 Å². The number of fused-ring (bicyclic) bond motifs is 12. The van der Waals surface area contributed by atoms with E-state index in [0.29, 0.717) is 0 Å². The smallest absolute Gasteiger partial charge is 0.0719 e. The number of hydrogen-bond acceptors (Lipinski definition) is 1. The molecule has 0 fully saturated rings. The average molecular weight is 870 g/mol. The first-order valence-corrected chi connectivity index (χ1v) is 24.1. The fourth-order valence-electron chi connectivity index (χ4n) is 12.5. The van der Waals surface area contributed by atoms with Gasteiger partial charge in [-0.15, -0.1) is 0 Å². The normalized spacial score (nSPS) is 14.8. The van der Waals surface area contributed by atoms with E-state index < -0.39 is 5.41 Å². The van der Waals surface area contributed by atoms with Crippen molar-refractivity contribution in [1.29, 1.82) is 0 Å². The summed E-state index contributed by atoms with van der Waals surface area (Å²) >= 11 is 0. The van der Waals surface area contributed by atoms with Crippen molar-refractivity contribution in [3.63, 3.8) is 0 Å². The number of benzene rings is 10. The van der Waals surface area contributed by atoms with E-state index in [2.05, 4.69) is 269 Å². The Kier molecular flexibility index (Phi) is 8.89. The van der Waals surface area contributed by atoms with Crippen LogP contribution in [0.4, 0.5) is 17.1 Å². The van der Waals surface area contributed by atoms with Gasteiger partial charge in [-0.2, -0.15) is 0 Å². The average Bonchev–Trinajstić information content (AvgIpc) is 3.81. The summed E-state index contributed by atoms with van der Waals surface area (Å²) in [7, 11) is 0. The molecule has 0 atom stereocenters. The highest BCUT2D eigenvalue weighted by Gasteiger charge is 2.53. The van der Waals surface area contributed by atoms with Crippen LogP contribution in [0.25, 0.3) is 55.6 Å². The van der Waals surface area contributed by atoms with Gasteiger partial charge in [0.1, 0.15) is 0 Å². The Morgan fingerprint density at radius 2 is 0.676 bits per heavy atom. The van der Waals surface area contributed by atoms with Gasteiger partial charge in [0, 0.05) is 27.8 Å². The molecular formula is C67H51N. The summed E-state index contributed by atoms with van der Waals surface area (Å²) in [5.41, 5.74) is 26.2. The van der Waals surface area contributed by atoms with E-state index in [9.17, 15) is 0 Å². The summed E-state index contributed by atoms with van der Waals surface area (Å²) in [4.78, 5) is 2.45. The largest absolute Gasteiger partial charge is 0.310 e. The van der Waals surface area contributed by atoms with Gasteiger partial charge in [0.05, 0.1) is 11.1 Å². The van der Waals surface area contributed by atoms with Gasteiger partial charge < -0.3 is 4.90 Å². The first-order chi connectivity index (χ1) is 33.2. The van der Waals surface area contributed by atoms with Gasteiger partial charge in [-0.3, -0.25) is 0 Å². The van der Waals surface area contributed by atoms with Crippen LogP contribution in [0.2, 0.25) is 0 Å².